The molecule has 1 aromatic carbocycles. The van der Waals surface area contributed by atoms with Crippen molar-refractivity contribution in [3.63, 3.8) is 0 Å². The van der Waals surface area contributed by atoms with Crippen LogP contribution in [0.2, 0.25) is 0 Å². The number of carboxylic acid groups (broad SMARTS) is 1. The van der Waals surface area contributed by atoms with Crippen LogP contribution in [-0.2, 0) is 0 Å². The number of benzene rings is 1. The normalized spacial score (nSPS) is 11.2. The summed E-state index contributed by atoms with van der Waals surface area (Å²) < 4.78 is 6.83. The van der Waals surface area contributed by atoms with Crippen LogP contribution in [0, 0.1) is 0 Å². The van der Waals surface area contributed by atoms with E-state index in [1.807, 2.05) is 6.92 Å². The second kappa shape index (κ2) is 6.37. The highest BCUT2D eigenvalue weighted by Crippen LogP contribution is 2.31. The molecule has 3 aromatic rings. The van der Waals surface area contributed by atoms with Gasteiger partial charge in [-0.1, -0.05) is 12.1 Å². The molecule has 0 atom stereocenters. The number of hydrogen-bond acceptors (Lipinski definition) is 6. The zero-order chi connectivity index (χ0) is 17.1. The molecule has 8 heteroatoms. The zero-order valence-corrected chi connectivity index (χ0v) is 12.7. The molecule has 0 amide bonds. The fraction of sp³-hybridized carbons (Fsp3) is 0.125. The Hall–Kier alpha value is -3.42. The molecule has 0 saturated carbocycles. The molecule has 2 heterocycles. The van der Waals surface area contributed by atoms with Crippen LogP contribution >= 0.6 is 0 Å². The summed E-state index contributed by atoms with van der Waals surface area (Å²) in [5.41, 5.74) is 0.266. The monoisotopic (exact) mass is 326 g/mol. The maximum absolute atomic E-state index is 11.4. The van der Waals surface area contributed by atoms with Gasteiger partial charge in [0.15, 0.2) is 22.9 Å². The van der Waals surface area contributed by atoms with Gasteiger partial charge in [-0.25, -0.2) is 9.78 Å². The topological polar surface area (TPSA) is 109 Å². The van der Waals surface area contributed by atoms with Crippen molar-refractivity contribution in [2.45, 2.75) is 6.92 Å². The van der Waals surface area contributed by atoms with Crippen LogP contribution in [0.5, 0.6) is 11.5 Å². The number of aromatic carboxylic acids is 1. The molecule has 0 fully saturated rings. The van der Waals surface area contributed by atoms with Crippen molar-refractivity contribution < 1.29 is 19.7 Å². The van der Waals surface area contributed by atoms with Crippen molar-refractivity contribution >= 4 is 23.1 Å². The van der Waals surface area contributed by atoms with Crippen LogP contribution in [0.3, 0.4) is 0 Å². The summed E-state index contributed by atoms with van der Waals surface area (Å²) in [6.07, 6.45) is 1.55. The van der Waals surface area contributed by atoms with Crippen molar-refractivity contribution in [2.24, 2.45) is 10.2 Å². The minimum Gasteiger partial charge on any atom is -0.504 e. The summed E-state index contributed by atoms with van der Waals surface area (Å²) in [7, 11) is 0. The van der Waals surface area contributed by atoms with Crippen LogP contribution in [-0.4, -0.2) is 32.2 Å². The number of aromatic nitrogens is 2. The summed E-state index contributed by atoms with van der Waals surface area (Å²) >= 11 is 0. The molecule has 0 aliphatic heterocycles. The van der Waals surface area contributed by atoms with Gasteiger partial charge in [-0.15, -0.1) is 10.2 Å². The van der Waals surface area contributed by atoms with Gasteiger partial charge in [0, 0.05) is 6.20 Å². The standard InChI is InChI=1S/C16H14N4O4/c1-2-24-12-8-4-3-6-10(12)18-19-15-13(16(22)23)17-14-11(21)7-5-9-20(14)15/h3-9,21H,2H2,1H3,(H,22,23). The highest BCUT2D eigenvalue weighted by molar-refractivity contribution is 5.92. The first-order chi connectivity index (χ1) is 11.6. The van der Waals surface area contributed by atoms with Crippen LogP contribution in [0.4, 0.5) is 11.5 Å². The minimum absolute atomic E-state index is 0.0136. The van der Waals surface area contributed by atoms with E-state index in [1.54, 1.807) is 36.5 Å². The third kappa shape index (κ3) is 2.76. The Labute approximate surface area is 136 Å². The van der Waals surface area contributed by atoms with Crippen LogP contribution in [0.15, 0.2) is 52.8 Å². The van der Waals surface area contributed by atoms with E-state index in [0.717, 1.165) is 0 Å². The van der Waals surface area contributed by atoms with Gasteiger partial charge < -0.3 is 14.9 Å². The molecule has 0 radical (unpaired) electrons. The summed E-state index contributed by atoms with van der Waals surface area (Å²) in [4.78, 5) is 15.3. The molecular formula is C16H14N4O4. The lowest BCUT2D eigenvalue weighted by molar-refractivity contribution is 0.0692. The maximum atomic E-state index is 11.4. The lowest BCUT2D eigenvalue weighted by Crippen LogP contribution is -1.96. The quantitative estimate of drug-likeness (QED) is 0.697. The Bertz CT molecular complexity index is 933. The fourth-order valence-electron chi connectivity index (χ4n) is 2.20. The number of imidazole rings is 1. The molecule has 8 nitrogen and oxygen atoms in total. The van der Waals surface area contributed by atoms with Crippen molar-refractivity contribution in [2.75, 3.05) is 6.61 Å². The number of fused-ring (bicyclic) bond motifs is 1. The molecule has 2 aromatic heterocycles. The van der Waals surface area contributed by atoms with Crippen LogP contribution in [0.1, 0.15) is 17.4 Å². The predicted molar refractivity (Wildman–Crippen MR) is 85.6 cm³/mol. The maximum Gasteiger partial charge on any atom is 0.358 e. The van der Waals surface area contributed by atoms with Gasteiger partial charge in [0.1, 0.15) is 11.4 Å². The largest absolute Gasteiger partial charge is 0.504 e. The second-order valence-electron chi connectivity index (χ2n) is 4.78. The molecule has 122 valence electrons. The molecular weight excluding hydrogens is 312 g/mol. The van der Waals surface area contributed by atoms with E-state index < -0.39 is 5.97 Å². The van der Waals surface area contributed by atoms with Crippen LogP contribution in [0.25, 0.3) is 5.65 Å². The number of rotatable bonds is 5. The number of pyridine rings is 1. The Morgan fingerprint density at radius 1 is 1.25 bits per heavy atom. The first-order valence-corrected chi connectivity index (χ1v) is 7.18. The number of para-hydroxylation sites is 1. The molecule has 0 bridgehead atoms. The zero-order valence-electron chi connectivity index (χ0n) is 12.7. The van der Waals surface area contributed by atoms with E-state index in [-0.39, 0.29) is 22.9 Å². The van der Waals surface area contributed by atoms with Crippen molar-refractivity contribution in [3.05, 3.63) is 48.3 Å². The number of azo groups is 1. The van der Waals surface area contributed by atoms with E-state index in [0.29, 0.717) is 18.0 Å². The molecule has 0 unspecified atom stereocenters. The first kappa shape index (κ1) is 15.5. The number of carboxylic acids is 1. The number of ether oxygens (including phenoxy) is 1. The van der Waals surface area contributed by atoms with Gasteiger partial charge in [-0.2, -0.15) is 0 Å². The Morgan fingerprint density at radius 3 is 2.79 bits per heavy atom. The number of aromatic hydroxyl groups is 1. The van der Waals surface area contributed by atoms with Crippen molar-refractivity contribution in [1.29, 1.82) is 0 Å². The van der Waals surface area contributed by atoms with Gasteiger partial charge in [0.2, 0.25) is 0 Å². The third-order valence-electron chi connectivity index (χ3n) is 3.22. The van der Waals surface area contributed by atoms with Gasteiger partial charge in [0.05, 0.1) is 6.61 Å². The van der Waals surface area contributed by atoms with E-state index in [2.05, 4.69) is 15.2 Å². The molecule has 2 N–H and O–H groups in total. The third-order valence-corrected chi connectivity index (χ3v) is 3.22. The van der Waals surface area contributed by atoms with Crippen molar-refractivity contribution in [3.8, 4) is 11.5 Å². The number of carbonyl (C=O) groups is 1. The van der Waals surface area contributed by atoms with E-state index in [9.17, 15) is 15.0 Å². The number of nitrogens with zero attached hydrogens (tertiary/aromatic N) is 4. The minimum atomic E-state index is -1.26. The Kier molecular flexibility index (Phi) is 4.11. The smallest absolute Gasteiger partial charge is 0.358 e. The average Bonchev–Trinajstić information content (AvgIpc) is 2.95. The summed E-state index contributed by atoms with van der Waals surface area (Å²) in [6.45, 7) is 2.32. The lowest BCUT2D eigenvalue weighted by Gasteiger charge is -2.04. The number of hydrogen-bond donors (Lipinski definition) is 2. The Balaban J connectivity index is 2.11. The lowest BCUT2D eigenvalue weighted by atomic mass is 10.3. The molecule has 3 rings (SSSR count). The van der Waals surface area contributed by atoms with E-state index in [4.69, 9.17) is 4.74 Å². The van der Waals surface area contributed by atoms with Gasteiger partial charge >= 0.3 is 5.97 Å². The summed E-state index contributed by atoms with van der Waals surface area (Å²) in [5, 5.41) is 27.2. The second-order valence-corrected chi connectivity index (χ2v) is 4.78. The van der Waals surface area contributed by atoms with Crippen LogP contribution < -0.4 is 4.74 Å². The van der Waals surface area contributed by atoms with Gasteiger partial charge in [-0.3, -0.25) is 4.40 Å². The molecule has 0 saturated heterocycles. The Morgan fingerprint density at radius 2 is 2.04 bits per heavy atom. The fourth-order valence-corrected chi connectivity index (χ4v) is 2.20. The molecule has 0 spiro atoms. The van der Waals surface area contributed by atoms with Crippen molar-refractivity contribution in [1.82, 2.24) is 9.38 Å². The highest BCUT2D eigenvalue weighted by atomic mass is 16.5. The first-order valence-electron chi connectivity index (χ1n) is 7.18. The molecule has 0 aliphatic rings. The summed E-state index contributed by atoms with van der Waals surface area (Å²) in [5.74, 6) is -0.849. The molecule has 24 heavy (non-hydrogen) atoms. The van der Waals surface area contributed by atoms with Gasteiger partial charge in [0.25, 0.3) is 0 Å². The SMILES string of the molecule is CCOc1ccccc1N=Nc1c(C(=O)O)nc2c(O)cccn12. The average molecular weight is 326 g/mol. The predicted octanol–water partition coefficient (Wildman–Crippen LogP) is 3.55. The summed E-state index contributed by atoms with van der Waals surface area (Å²) in [6, 6.07) is 10.0. The van der Waals surface area contributed by atoms with E-state index >= 15 is 0 Å². The van der Waals surface area contributed by atoms with E-state index in [1.165, 1.54) is 10.5 Å². The highest BCUT2D eigenvalue weighted by Gasteiger charge is 2.20. The molecule has 0 aliphatic carbocycles. The van der Waals surface area contributed by atoms with Gasteiger partial charge in [-0.05, 0) is 31.2 Å².